The third kappa shape index (κ3) is 3.71. The summed E-state index contributed by atoms with van der Waals surface area (Å²) in [5.74, 6) is -0.793. The van der Waals surface area contributed by atoms with E-state index in [1.54, 1.807) is 78.2 Å². The van der Waals surface area contributed by atoms with Gasteiger partial charge in [-0.15, -0.1) is 0 Å². The second-order valence-electron chi connectivity index (χ2n) is 6.97. The van der Waals surface area contributed by atoms with Gasteiger partial charge >= 0.3 is 0 Å². The van der Waals surface area contributed by atoms with Gasteiger partial charge in [0.25, 0.3) is 0 Å². The molecule has 0 fully saturated rings. The lowest BCUT2D eigenvalue weighted by Crippen LogP contribution is -2.18. The van der Waals surface area contributed by atoms with E-state index in [1.807, 2.05) is 0 Å². The van der Waals surface area contributed by atoms with E-state index in [0.717, 1.165) is 0 Å². The Hall–Kier alpha value is -3.45. The number of benzene rings is 3. The van der Waals surface area contributed by atoms with Gasteiger partial charge in [-0.1, -0.05) is 42.5 Å². The number of carbonyl (C=O) groups excluding carboxylic acids is 1. The predicted molar refractivity (Wildman–Crippen MR) is 114 cm³/mol. The van der Waals surface area contributed by atoms with Crippen LogP contribution in [-0.2, 0) is 21.2 Å². The summed E-state index contributed by atoms with van der Waals surface area (Å²) < 4.78 is 41.6. The van der Waals surface area contributed by atoms with Crippen LogP contribution >= 0.6 is 0 Å². The fraction of sp³-hybridized carbons (Fsp3) is 0.0870. The zero-order valence-corrected chi connectivity index (χ0v) is 17.0. The van der Waals surface area contributed by atoms with Crippen LogP contribution in [0, 0.1) is 12.7 Å². The molecule has 0 aliphatic carbocycles. The summed E-state index contributed by atoms with van der Waals surface area (Å²) in [6.07, 6.45) is 1.47. The van der Waals surface area contributed by atoms with Crippen molar-refractivity contribution in [2.24, 2.45) is 0 Å². The van der Waals surface area contributed by atoms with Gasteiger partial charge in [0.1, 0.15) is 12.4 Å². The lowest BCUT2D eigenvalue weighted by molar-refractivity contribution is -0.116. The maximum Gasteiger partial charge on any atom is 0.244 e. The van der Waals surface area contributed by atoms with Gasteiger partial charge in [0.2, 0.25) is 15.7 Å². The molecule has 4 aromatic rings. The van der Waals surface area contributed by atoms with Crippen LogP contribution in [0.1, 0.15) is 5.56 Å². The number of nitrogens with one attached hydrogen (secondary N) is 1. The summed E-state index contributed by atoms with van der Waals surface area (Å²) in [5.41, 5.74) is 1.45. The van der Waals surface area contributed by atoms with Crippen molar-refractivity contribution in [2.75, 3.05) is 5.32 Å². The Bertz CT molecular complexity index is 1350. The normalized spacial score (nSPS) is 11.5. The number of para-hydroxylation sites is 1. The number of aromatic nitrogens is 1. The minimum Gasteiger partial charge on any atom is -0.337 e. The van der Waals surface area contributed by atoms with E-state index in [2.05, 4.69) is 5.32 Å². The SMILES string of the molecule is Cc1ccc(NC(=O)Cn2cc(S(=O)(=O)c3ccccc3)c3ccccc32)cc1F. The molecule has 1 heterocycles. The largest absolute Gasteiger partial charge is 0.337 e. The second kappa shape index (κ2) is 7.76. The zero-order chi connectivity index (χ0) is 21.3. The van der Waals surface area contributed by atoms with Gasteiger partial charge in [0.15, 0.2) is 0 Å². The Morgan fingerprint density at radius 2 is 1.70 bits per heavy atom. The van der Waals surface area contributed by atoms with Crippen LogP contribution < -0.4 is 5.32 Å². The molecule has 3 aromatic carbocycles. The van der Waals surface area contributed by atoms with Gasteiger partial charge in [-0.05, 0) is 42.8 Å². The van der Waals surface area contributed by atoms with Crippen molar-refractivity contribution in [1.29, 1.82) is 0 Å². The highest BCUT2D eigenvalue weighted by Crippen LogP contribution is 2.30. The van der Waals surface area contributed by atoms with Gasteiger partial charge < -0.3 is 9.88 Å². The Balaban J connectivity index is 1.69. The first-order chi connectivity index (χ1) is 14.4. The number of hydrogen-bond acceptors (Lipinski definition) is 3. The minimum atomic E-state index is -3.75. The number of nitrogens with zero attached hydrogens (tertiary/aromatic N) is 1. The van der Waals surface area contributed by atoms with Crippen LogP contribution in [-0.4, -0.2) is 18.9 Å². The molecule has 0 bridgehead atoms. The molecular weight excluding hydrogens is 403 g/mol. The number of carbonyl (C=O) groups is 1. The van der Waals surface area contributed by atoms with Gasteiger partial charge in [0, 0.05) is 22.8 Å². The molecule has 0 aliphatic rings. The van der Waals surface area contributed by atoms with E-state index in [-0.39, 0.29) is 22.2 Å². The molecule has 5 nitrogen and oxygen atoms in total. The average molecular weight is 422 g/mol. The number of sulfone groups is 1. The molecule has 4 rings (SSSR count). The Labute approximate surface area is 173 Å². The molecule has 0 atom stereocenters. The first-order valence-corrected chi connectivity index (χ1v) is 10.8. The van der Waals surface area contributed by atoms with Crippen LogP contribution in [0.25, 0.3) is 10.9 Å². The molecule has 0 radical (unpaired) electrons. The maximum absolute atomic E-state index is 13.7. The molecule has 1 amide bonds. The Morgan fingerprint density at radius 1 is 1.00 bits per heavy atom. The van der Waals surface area contributed by atoms with Crippen molar-refractivity contribution in [3.8, 4) is 0 Å². The van der Waals surface area contributed by atoms with Crippen molar-refractivity contribution in [2.45, 2.75) is 23.3 Å². The van der Waals surface area contributed by atoms with Gasteiger partial charge in [-0.3, -0.25) is 4.79 Å². The highest BCUT2D eigenvalue weighted by molar-refractivity contribution is 7.91. The van der Waals surface area contributed by atoms with Gasteiger partial charge in [-0.2, -0.15) is 0 Å². The van der Waals surface area contributed by atoms with E-state index < -0.39 is 15.7 Å². The van der Waals surface area contributed by atoms with Crippen molar-refractivity contribution < 1.29 is 17.6 Å². The summed E-state index contributed by atoms with van der Waals surface area (Å²) in [4.78, 5) is 12.9. The number of fused-ring (bicyclic) bond motifs is 1. The summed E-state index contributed by atoms with van der Waals surface area (Å²) in [6, 6.07) is 19.6. The molecule has 1 aromatic heterocycles. The summed E-state index contributed by atoms with van der Waals surface area (Å²) in [7, 11) is -3.75. The first-order valence-electron chi connectivity index (χ1n) is 9.30. The fourth-order valence-electron chi connectivity index (χ4n) is 3.31. The minimum absolute atomic E-state index is 0.111. The topological polar surface area (TPSA) is 68.2 Å². The second-order valence-corrected chi connectivity index (χ2v) is 8.89. The molecule has 7 heteroatoms. The van der Waals surface area contributed by atoms with Crippen molar-refractivity contribution in [3.63, 3.8) is 0 Å². The predicted octanol–water partition coefficient (Wildman–Crippen LogP) is 4.56. The number of amides is 1. The lowest BCUT2D eigenvalue weighted by Gasteiger charge is -2.08. The highest BCUT2D eigenvalue weighted by Gasteiger charge is 2.23. The molecule has 1 N–H and O–H groups in total. The third-order valence-electron chi connectivity index (χ3n) is 4.86. The van der Waals surface area contributed by atoms with Crippen LogP contribution in [0.3, 0.4) is 0 Å². The molecule has 30 heavy (non-hydrogen) atoms. The Morgan fingerprint density at radius 3 is 2.43 bits per heavy atom. The van der Waals surface area contributed by atoms with Crippen LogP contribution in [0.4, 0.5) is 10.1 Å². The monoisotopic (exact) mass is 422 g/mol. The fourth-order valence-corrected chi connectivity index (χ4v) is 4.81. The van der Waals surface area contributed by atoms with Crippen LogP contribution in [0.2, 0.25) is 0 Å². The molecular formula is C23H19FN2O3S. The van der Waals surface area contributed by atoms with Crippen molar-refractivity contribution in [3.05, 3.63) is 90.4 Å². The van der Waals surface area contributed by atoms with Crippen LogP contribution in [0.5, 0.6) is 0 Å². The number of rotatable bonds is 5. The van der Waals surface area contributed by atoms with E-state index in [0.29, 0.717) is 22.2 Å². The van der Waals surface area contributed by atoms with Crippen LogP contribution in [0.15, 0.2) is 88.8 Å². The summed E-state index contributed by atoms with van der Waals surface area (Å²) >= 11 is 0. The molecule has 0 saturated heterocycles. The molecule has 0 saturated carbocycles. The standard InChI is InChI=1S/C23H19FN2O3S/c1-16-11-12-17(13-20(16)24)25-23(27)15-26-14-22(19-9-5-6-10-21(19)26)30(28,29)18-7-3-2-4-8-18/h2-14H,15H2,1H3,(H,25,27). The number of halogens is 1. The van der Waals surface area contributed by atoms with E-state index >= 15 is 0 Å². The average Bonchev–Trinajstić information content (AvgIpc) is 3.11. The third-order valence-corrected chi connectivity index (χ3v) is 6.66. The van der Waals surface area contributed by atoms with E-state index in [9.17, 15) is 17.6 Å². The van der Waals surface area contributed by atoms with Crippen molar-refractivity contribution in [1.82, 2.24) is 4.57 Å². The number of anilines is 1. The number of aryl methyl sites for hydroxylation is 1. The molecule has 152 valence electrons. The Kier molecular flexibility index (Phi) is 5.13. The molecule has 0 spiro atoms. The smallest absolute Gasteiger partial charge is 0.244 e. The van der Waals surface area contributed by atoms with E-state index in [1.165, 1.54) is 12.3 Å². The summed E-state index contributed by atoms with van der Waals surface area (Å²) in [6.45, 7) is 1.53. The molecule has 0 aliphatic heterocycles. The quantitative estimate of drug-likeness (QED) is 0.513. The maximum atomic E-state index is 13.7. The van der Waals surface area contributed by atoms with Gasteiger partial charge in [-0.25, -0.2) is 12.8 Å². The lowest BCUT2D eigenvalue weighted by atomic mass is 10.2. The van der Waals surface area contributed by atoms with Crippen molar-refractivity contribution >= 4 is 32.3 Å². The zero-order valence-electron chi connectivity index (χ0n) is 16.2. The van der Waals surface area contributed by atoms with E-state index in [4.69, 9.17) is 0 Å². The summed E-state index contributed by atoms with van der Waals surface area (Å²) in [5, 5.41) is 3.19. The highest BCUT2D eigenvalue weighted by atomic mass is 32.2. The first kappa shape index (κ1) is 19.8. The van der Waals surface area contributed by atoms with Gasteiger partial charge in [0.05, 0.1) is 9.79 Å². The molecule has 0 unspecified atom stereocenters. The number of hydrogen-bond donors (Lipinski definition) is 1.